The summed E-state index contributed by atoms with van der Waals surface area (Å²) in [6.07, 6.45) is 9.60. The average Bonchev–Trinajstić information content (AvgIpc) is 1.57. The third-order valence-electron chi connectivity index (χ3n) is 28.6. The molecule has 0 aliphatic heterocycles. The van der Waals surface area contributed by atoms with Crippen LogP contribution in [-0.4, -0.2) is 29.9 Å². The minimum atomic E-state index is -0.192. The van der Waals surface area contributed by atoms with Crippen molar-refractivity contribution in [2.45, 2.75) is 57.8 Å². The first-order valence-corrected chi connectivity index (χ1v) is 46.6. The highest BCUT2D eigenvalue weighted by Gasteiger charge is 2.41. The molecule has 6 nitrogen and oxygen atoms in total. The number of aromatic nitrogens is 6. The molecule has 0 bridgehead atoms. The molecule has 21 aromatic rings. The van der Waals surface area contributed by atoms with Gasteiger partial charge in [0.25, 0.3) is 0 Å². The Balaban J connectivity index is 0.586. The summed E-state index contributed by atoms with van der Waals surface area (Å²) in [5, 5.41) is 0. The van der Waals surface area contributed by atoms with Gasteiger partial charge in [-0.25, -0.2) is 15.0 Å². The molecular weight excluding hydrogens is 1630 g/mol. The summed E-state index contributed by atoms with van der Waals surface area (Å²) >= 11 is 0. The Bertz CT molecular complexity index is 8260. The van der Waals surface area contributed by atoms with Crippen LogP contribution < -0.4 is 0 Å². The summed E-state index contributed by atoms with van der Waals surface area (Å²) in [5.41, 5.74) is 50.8. The summed E-state index contributed by atoms with van der Waals surface area (Å²) in [6.45, 7) is 14.1. The molecule has 0 N–H and O–H groups in total. The summed E-state index contributed by atoms with van der Waals surface area (Å²) in [4.78, 5) is 31.0. The van der Waals surface area contributed by atoms with Crippen molar-refractivity contribution in [1.82, 2.24) is 29.9 Å². The van der Waals surface area contributed by atoms with Crippen molar-refractivity contribution in [2.75, 3.05) is 0 Å². The summed E-state index contributed by atoms with van der Waals surface area (Å²) in [7, 11) is 0. The third-order valence-corrected chi connectivity index (χ3v) is 28.6. The lowest BCUT2D eigenvalue weighted by Gasteiger charge is -2.23. The maximum Gasteiger partial charge on any atom is 0.0715 e. The second-order valence-electron chi connectivity index (χ2n) is 37.6. The monoisotopic (exact) mass is 1720 g/mol. The predicted molar refractivity (Wildman–Crippen MR) is 558 cm³/mol. The molecule has 0 saturated carbocycles. The second-order valence-corrected chi connectivity index (χ2v) is 37.6. The molecule has 638 valence electrons. The molecule has 0 fully saturated rings. The highest BCUT2D eigenvalue weighted by molar-refractivity contribution is 6.04. The Morgan fingerprint density at radius 3 is 0.844 bits per heavy atom. The molecular formula is C129H92N6. The minimum Gasteiger partial charge on any atom is -0.265 e. The zero-order valence-corrected chi connectivity index (χ0v) is 75.9. The van der Waals surface area contributed by atoms with Crippen LogP contribution >= 0.6 is 0 Å². The van der Waals surface area contributed by atoms with E-state index in [1.807, 2.05) is 37.1 Å². The van der Waals surface area contributed by atoms with E-state index in [-0.39, 0.29) is 16.2 Å². The normalized spacial score (nSPS) is 13.1. The van der Waals surface area contributed by atoms with Crippen LogP contribution in [0.1, 0.15) is 74.9 Å². The van der Waals surface area contributed by atoms with E-state index in [9.17, 15) is 0 Å². The zero-order valence-electron chi connectivity index (χ0n) is 75.9. The first-order chi connectivity index (χ1) is 66.2. The van der Waals surface area contributed by atoms with Crippen molar-refractivity contribution in [3.05, 3.63) is 483 Å². The smallest absolute Gasteiger partial charge is 0.0715 e. The van der Waals surface area contributed by atoms with Crippen LogP contribution in [0.2, 0.25) is 0 Å². The standard InChI is InChI=1S/C129H92N6/c1-127(2)108-45-16-13-42-105(108)123-111(127)60-57-102(121(123)87-63-67-130-68-64-87)92-35-24-39-96(72-92)118-75-99(74-115(133-118)85-27-9-7-10-28-85)83-53-49-81(50-54-83)88-31-22-37-94(70-88)117-76-100(77-119(135-117)97-40-25-36-93(73-97)103-58-61-112-124(122(103)98-41-26-65-131-80-98)106-43-14-17-46-109(106)128(112,3)4)84-55-51-82(52-56-84)89-32-23-38-95(71-89)120-79-101(78-116(134-120)86-29-11-8-12-30-86)90-33-21-34-91(69-90)104-59-62-113-125(126(104)114-48-19-20-66-132-114)107-44-15-18-47-110(107)129(113,5)6/h7-80H,1-6H3. The van der Waals surface area contributed by atoms with Crippen LogP contribution in [0.4, 0.5) is 0 Å². The topological polar surface area (TPSA) is 77.3 Å². The predicted octanol–water partition coefficient (Wildman–Crippen LogP) is 33.3. The van der Waals surface area contributed by atoms with E-state index in [0.29, 0.717) is 0 Å². The van der Waals surface area contributed by atoms with Gasteiger partial charge in [-0.15, -0.1) is 0 Å². The maximum atomic E-state index is 5.73. The fourth-order valence-corrected chi connectivity index (χ4v) is 21.7. The second kappa shape index (κ2) is 32.9. The lowest BCUT2D eigenvalue weighted by molar-refractivity contribution is 0.660. The van der Waals surface area contributed by atoms with E-state index in [2.05, 4.69) is 459 Å². The van der Waals surface area contributed by atoms with E-state index < -0.39 is 0 Å². The van der Waals surface area contributed by atoms with Crippen LogP contribution in [0.5, 0.6) is 0 Å². The average molecular weight is 1730 g/mol. The highest BCUT2D eigenvalue weighted by Crippen LogP contribution is 2.59. The Hall–Kier alpha value is -16.8. The van der Waals surface area contributed by atoms with E-state index in [1.165, 1.54) is 83.5 Å². The molecule has 0 radical (unpaired) electrons. The van der Waals surface area contributed by atoms with Crippen molar-refractivity contribution in [2.24, 2.45) is 0 Å². The van der Waals surface area contributed by atoms with Gasteiger partial charge in [-0.3, -0.25) is 15.0 Å². The van der Waals surface area contributed by atoms with Gasteiger partial charge in [0.05, 0.1) is 39.9 Å². The van der Waals surface area contributed by atoms with Crippen LogP contribution in [0.15, 0.2) is 450 Å². The van der Waals surface area contributed by atoms with E-state index >= 15 is 0 Å². The molecule has 0 atom stereocenters. The summed E-state index contributed by atoms with van der Waals surface area (Å²) in [6, 6.07) is 153. The number of benzene rings is 15. The van der Waals surface area contributed by atoms with E-state index in [1.54, 1.807) is 0 Å². The van der Waals surface area contributed by atoms with Crippen LogP contribution in [0.25, 0.3) is 223 Å². The molecule has 15 aromatic carbocycles. The molecule has 0 saturated heterocycles. The number of rotatable bonds is 17. The number of hydrogen-bond acceptors (Lipinski definition) is 6. The fraction of sp³-hybridized carbons (Fsp3) is 0.0698. The molecule has 24 rings (SSSR count). The van der Waals surface area contributed by atoms with Gasteiger partial charge in [0, 0.05) is 91.7 Å². The fourth-order valence-electron chi connectivity index (χ4n) is 21.7. The summed E-state index contributed by atoms with van der Waals surface area (Å²) in [5.74, 6) is 0. The molecule has 0 unspecified atom stereocenters. The third kappa shape index (κ3) is 14.4. The Morgan fingerprint density at radius 1 is 0.148 bits per heavy atom. The van der Waals surface area contributed by atoms with Gasteiger partial charge in [0.1, 0.15) is 0 Å². The quantitative estimate of drug-likeness (QED) is 0.0904. The molecule has 3 aliphatic carbocycles. The van der Waals surface area contributed by atoms with Crippen LogP contribution in [-0.2, 0) is 16.2 Å². The maximum absolute atomic E-state index is 5.73. The van der Waals surface area contributed by atoms with Gasteiger partial charge in [-0.05, 0) is 270 Å². The van der Waals surface area contributed by atoms with Crippen molar-refractivity contribution in [3.63, 3.8) is 0 Å². The van der Waals surface area contributed by atoms with Gasteiger partial charge in [0.15, 0.2) is 0 Å². The van der Waals surface area contributed by atoms with Gasteiger partial charge >= 0.3 is 0 Å². The molecule has 135 heavy (non-hydrogen) atoms. The van der Waals surface area contributed by atoms with Crippen molar-refractivity contribution < 1.29 is 0 Å². The number of pyridine rings is 6. The van der Waals surface area contributed by atoms with Crippen molar-refractivity contribution in [3.8, 4) is 223 Å². The van der Waals surface area contributed by atoms with E-state index in [0.717, 1.165) is 173 Å². The zero-order chi connectivity index (χ0) is 90.6. The minimum absolute atomic E-state index is 0.159. The SMILES string of the molecule is CC1(C)c2ccccc2-c2c1ccc(-c1cccc(-c3cc(-c4ccc(-c5cccc(-c6cc(-c7ccc(-c8cccc(-c9cc(-c%10cccc(-c%11ccc%12c(c%11-c%11ccccn%11)-c%11ccccc%11C%12(C)C)c%10)cc(-c%10ccccc%10)n9)c8)cc7)cc(-c7cccc(-c8ccc9c(c8-c8cccnc8)-c8ccccc8C9(C)C)c7)n6)c5)cc4)cc(-c4ccccc4)n3)c1)c2-c1ccncc1. The van der Waals surface area contributed by atoms with Gasteiger partial charge in [0.2, 0.25) is 0 Å². The van der Waals surface area contributed by atoms with Crippen LogP contribution in [0.3, 0.4) is 0 Å². The van der Waals surface area contributed by atoms with Gasteiger partial charge < -0.3 is 0 Å². The number of hydrogen-bond donors (Lipinski definition) is 0. The Morgan fingerprint density at radius 2 is 0.452 bits per heavy atom. The van der Waals surface area contributed by atoms with Gasteiger partial charge in [-0.2, -0.15) is 0 Å². The largest absolute Gasteiger partial charge is 0.265 e. The number of fused-ring (bicyclic) bond motifs is 9. The van der Waals surface area contributed by atoms with Crippen molar-refractivity contribution in [1.29, 1.82) is 0 Å². The molecule has 0 spiro atoms. The summed E-state index contributed by atoms with van der Waals surface area (Å²) < 4.78 is 0. The number of nitrogens with zero attached hydrogens (tertiary/aromatic N) is 6. The first-order valence-electron chi connectivity index (χ1n) is 46.6. The lowest BCUT2D eigenvalue weighted by Crippen LogP contribution is -2.14. The Kier molecular flexibility index (Phi) is 19.9. The van der Waals surface area contributed by atoms with Crippen molar-refractivity contribution >= 4 is 0 Å². The first kappa shape index (κ1) is 81.4. The molecule has 3 aliphatic rings. The molecule has 6 heteroatoms. The molecule has 6 aromatic heterocycles. The lowest BCUT2D eigenvalue weighted by atomic mass is 9.80. The highest BCUT2D eigenvalue weighted by atomic mass is 14.7. The van der Waals surface area contributed by atoms with Crippen LogP contribution in [0, 0.1) is 0 Å². The van der Waals surface area contributed by atoms with E-state index in [4.69, 9.17) is 24.9 Å². The Labute approximate surface area is 788 Å². The molecule has 0 amide bonds. The molecule has 6 heterocycles. The van der Waals surface area contributed by atoms with Gasteiger partial charge in [-0.1, -0.05) is 363 Å².